The van der Waals surface area contributed by atoms with Gasteiger partial charge in [0.2, 0.25) is 11.8 Å². The zero-order chi connectivity index (χ0) is 15.0. The molecule has 0 saturated heterocycles. The predicted molar refractivity (Wildman–Crippen MR) is 85.5 cm³/mol. The van der Waals surface area contributed by atoms with Gasteiger partial charge in [-0.05, 0) is 25.5 Å². The minimum absolute atomic E-state index is 0.0532. The lowest BCUT2D eigenvalue weighted by Crippen LogP contribution is -2.20. The Bertz CT molecular complexity index is 234. The molecule has 0 rings (SSSR count). The van der Waals surface area contributed by atoms with Crippen molar-refractivity contribution in [3.8, 4) is 0 Å². The van der Waals surface area contributed by atoms with Gasteiger partial charge in [0.25, 0.3) is 0 Å². The summed E-state index contributed by atoms with van der Waals surface area (Å²) in [6.45, 7) is 3.84. The number of thiol groups is 1. The summed E-state index contributed by atoms with van der Waals surface area (Å²) in [5.41, 5.74) is 0. The quantitative estimate of drug-likeness (QED) is 0.547. The third kappa shape index (κ3) is 20.8. The number of carbonyl (C=O) groups excluding carboxylic acids is 2. The number of likely N-dealkylation sites (N-methyl/N-ethyl adjacent to an activating group) is 1. The molecule has 1 atom stereocenters. The molecule has 2 amide bonds. The highest BCUT2D eigenvalue weighted by Crippen LogP contribution is 2.08. The van der Waals surface area contributed by atoms with Crippen LogP contribution in [0.1, 0.15) is 20.3 Å². The van der Waals surface area contributed by atoms with Crippen LogP contribution in [0.2, 0.25) is 0 Å². The van der Waals surface area contributed by atoms with Crippen LogP contribution in [0.15, 0.2) is 12.2 Å². The highest BCUT2D eigenvalue weighted by atomic mass is 32.2. The third-order valence-corrected chi connectivity index (χ3v) is 2.69. The minimum Gasteiger partial charge on any atom is -0.359 e. The molecule has 0 aliphatic carbocycles. The molecule has 0 aromatic carbocycles. The van der Waals surface area contributed by atoms with Crippen LogP contribution >= 0.6 is 24.4 Å². The molecule has 0 spiro atoms. The second-order valence-corrected chi connectivity index (χ2v) is 4.31. The van der Waals surface area contributed by atoms with Crippen molar-refractivity contribution < 1.29 is 9.59 Å². The number of amides is 2. The van der Waals surface area contributed by atoms with Crippen molar-refractivity contribution in [2.24, 2.45) is 0 Å². The Kier molecular flexibility index (Phi) is 23.5. The molecule has 6 heteroatoms. The van der Waals surface area contributed by atoms with E-state index in [0.717, 1.165) is 0 Å². The van der Waals surface area contributed by atoms with E-state index in [1.807, 2.05) is 13.2 Å². The Hall–Kier alpha value is -0.620. The van der Waals surface area contributed by atoms with E-state index in [1.165, 1.54) is 6.08 Å². The van der Waals surface area contributed by atoms with Crippen LogP contribution in [-0.2, 0) is 9.59 Å². The Balaban J connectivity index is -0.000000225. The topological polar surface area (TPSA) is 58.2 Å². The number of nitrogens with one attached hydrogen (secondary N) is 2. The maximum absolute atomic E-state index is 10.7. The summed E-state index contributed by atoms with van der Waals surface area (Å²) < 4.78 is 0. The molecule has 0 unspecified atom stereocenters. The summed E-state index contributed by atoms with van der Waals surface area (Å²) in [5, 5.41) is 5.45. The molecule has 4 nitrogen and oxygen atoms in total. The van der Waals surface area contributed by atoms with E-state index in [0.29, 0.717) is 11.7 Å². The second kappa shape index (κ2) is 18.7. The van der Waals surface area contributed by atoms with Gasteiger partial charge in [-0.15, -0.1) is 0 Å². The van der Waals surface area contributed by atoms with Gasteiger partial charge in [-0.1, -0.05) is 13.0 Å². The van der Waals surface area contributed by atoms with E-state index in [-0.39, 0.29) is 11.8 Å². The molecule has 0 heterocycles. The van der Waals surface area contributed by atoms with Gasteiger partial charge in [0.15, 0.2) is 0 Å². The van der Waals surface area contributed by atoms with Crippen LogP contribution < -0.4 is 10.6 Å². The molecular weight excluding hydrogens is 268 g/mol. The van der Waals surface area contributed by atoms with Crippen molar-refractivity contribution >= 4 is 36.2 Å². The third-order valence-electron chi connectivity index (χ3n) is 1.72. The fourth-order valence-electron chi connectivity index (χ4n) is 0.681. The van der Waals surface area contributed by atoms with E-state index >= 15 is 0 Å². The molecule has 0 saturated carbocycles. The smallest absolute Gasteiger partial charge is 0.243 e. The Morgan fingerprint density at radius 2 is 1.78 bits per heavy atom. The maximum atomic E-state index is 10.7. The van der Waals surface area contributed by atoms with Crippen LogP contribution in [0.25, 0.3) is 0 Å². The van der Waals surface area contributed by atoms with Crippen LogP contribution in [0, 0.1) is 0 Å². The largest absolute Gasteiger partial charge is 0.359 e. The molecule has 0 aliphatic heterocycles. The molecule has 2 N–H and O–H groups in total. The van der Waals surface area contributed by atoms with Gasteiger partial charge >= 0.3 is 0 Å². The fraction of sp³-hybridized carbons (Fsp3) is 0.667. The van der Waals surface area contributed by atoms with Gasteiger partial charge in [-0.3, -0.25) is 9.59 Å². The summed E-state index contributed by atoms with van der Waals surface area (Å²) >= 11 is 5.24. The van der Waals surface area contributed by atoms with Crippen LogP contribution in [0.4, 0.5) is 0 Å². The molecule has 0 aromatic heterocycles. The Morgan fingerprint density at radius 3 is 2.00 bits per heavy atom. The lowest BCUT2D eigenvalue weighted by molar-refractivity contribution is -0.120. The zero-order valence-electron chi connectivity index (χ0n) is 12.1. The number of thioether (sulfide) groups is 1. The monoisotopic (exact) mass is 294 g/mol. The van der Waals surface area contributed by atoms with Gasteiger partial charge in [0, 0.05) is 25.8 Å². The highest BCUT2D eigenvalue weighted by molar-refractivity contribution is 7.99. The lowest BCUT2D eigenvalue weighted by Gasteiger charge is -2.04. The van der Waals surface area contributed by atoms with E-state index in [1.54, 1.807) is 45.1 Å². The average molecular weight is 294 g/mol. The first-order valence-electron chi connectivity index (χ1n) is 5.54. The number of allylic oxidation sites excluding steroid dienone is 1. The first-order valence-corrected chi connectivity index (χ1v) is 7.72. The highest BCUT2D eigenvalue weighted by Gasteiger charge is 2.03. The van der Waals surface area contributed by atoms with Crippen molar-refractivity contribution in [2.45, 2.75) is 25.5 Å². The molecule has 0 aromatic rings. The first kappa shape index (κ1) is 22.6. The SMILES string of the molecule is C/C=C/C(=O)NC.CNC(=O)C[C@H](C)SC.CS. The van der Waals surface area contributed by atoms with Crippen molar-refractivity contribution in [3.63, 3.8) is 0 Å². The van der Waals surface area contributed by atoms with Gasteiger partial charge in [0.05, 0.1) is 0 Å². The van der Waals surface area contributed by atoms with Crippen molar-refractivity contribution in [3.05, 3.63) is 12.2 Å². The summed E-state index contributed by atoms with van der Waals surface area (Å²) in [4.78, 5) is 20.9. The van der Waals surface area contributed by atoms with Gasteiger partial charge in [-0.25, -0.2) is 0 Å². The maximum Gasteiger partial charge on any atom is 0.243 e. The molecule has 0 bridgehead atoms. The van der Waals surface area contributed by atoms with E-state index < -0.39 is 0 Å². The normalized spacial score (nSPS) is 10.4. The number of rotatable bonds is 4. The zero-order valence-corrected chi connectivity index (χ0v) is 13.8. The van der Waals surface area contributed by atoms with E-state index in [2.05, 4.69) is 23.3 Å². The molecular formula is C12H26N2O2S2. The fourth-order valence-corrected chi connectivity index (χ4v) is 0.999. The molecule has 108 valence electrons. The molecule has 18 heavy (non-hydrogen) atoms. The molecule has 0 radical (unpaired) electrons. The number of carbonyl (C=O) groups is 2. The molecule has 0 aliphatic rings. The van der Waals surface area contributed by atoms with Crippen LogP contribution in [-0.4, -0.2) is 43.7 Å². The Morgan fingerprint density at radius 1 is 1.28 bits per heavy atom. The predicted octanol–water partition coefficient (Wildman–Crippen LogP) is 1.73. The minimum atomic E-state index is -0.0532. The Labute approximate surface area is 121 Å². The van der Waals surface area contributed by atoms with Gasteiger partial charge in [0.1, 0.15) is 0 Å². The lowest BCUT2D eigenvalue weighted by atomic mass is 10.3. The summed E-state index contributed by atoms with van der Waals surface area (Å²) in [6, 6.07) is 0. The summed E-state index contributed by atoms with van der Waals surface area (Å²) in [5.74, 6) is 0.0688. The van der Waals surface area contributed by atoms with Crippen molar-refractivity contribution in [2.75, 3.05) is 26.6 Å². The van der Waals surface area contributed by atoms with Gasteiger partial charge in [-0.2, -0.15) is 24.4 Å². The van der Waals surface area contributed by atoms with E-state index in [9.17, 15) is 9.59 Å². The first-order chi connectivity index (χ1) is 8.51. The standard InChI is InChI=1S/C6H13NOS.C5H9NO.CH4S/c1-5(9-3)4-6(8)7-2;1-3-4-5(7)6-2;1-2/h5H,4H2,1-3H3,(H,7,8);3-4H,1-2H3,(H,6,7);2H,1H3/b;4-3+;/t5-;;/m0../s1. The van der Waals surface area contributed by atoms with Crippen molar-refractivity contribution in [1.82, 2.24) is 10.6 Å². The second-order valence-electron chi connectivity index (χ2n) is 3.04. The number of hydrogen-bond acceptors (Lipinski definition) is 4. The van der Waals surface area contributed by atoms with Crippen molar-refractivity contribution in [1.29, 1.82) is 0 Å². The average Bonchev–Trinajstić information content (AvgIpc) is 2.41. The molecule has 0 fully saturated rings. The number of hydrogen-bond donors (Lipinski definition) is 3. The summed E-state index contributed by atoms with van der Waals surface area (Å²) in [6.07, 6.45) is 7.49. The van der Waals surface area contributed by atoms with Crippen LogP contribution in [0.5, 0.6) is 0 Å². The summed E-state index contributed by atoms with van der Waals surface area (Å²) in [7, 11) is 3.26. The van der Waals surface area contributed by atoms with Crippen LogP contribution in [0.3, 0.4) is 0 Å². The van der Waals surface area contributed by atoms with E-state index in [4.69, 9.17) is 0 Å². The van der Waals surface area contributed by atoms with Gasteiger partial charge < -0.3 is 10.6 Å².